The van der Waals surface area contributed by atoms with Gasteiger partial charge in [0.25, 0.3) is 0 Å². The third-order valence-corrected chi connectivity index (χ3v) is 13.2. The van der Waals surface area contributed by atoms with Gasteiger partial charge in [-0.1, -0.05) is 0 Å². The Bertz CT molecular complexity index is 2940. The van der Waals surface area contributed by atoms with Crippen LogP contribution in [-0.2, 0) is 50.5 Å². The molecule has 3 aliphatic heterocycles. The quantitative estimate of drug-likeness (QED) is 0.0419. The highest BCUT2D eigenvalue weighted by molar-refractivity contribution is 7.47. The van der Waals surface area contributed by atoms with Crippen molar-refractivity contribution >= 4 is 74.4 Å². The van der Waals surface area contributed by atoms with Gasteiger partial charge in [-0.15, -0.1) is 0 Å². The maximum Gasteiger partial charge on any atom is 0.472 e. The molecule has 0 saturated carbocycles. The normalized spacial score (nSPS) is 31.0. The van der Waals surface area contributed by atoms with Crippen LogP contribution in [0.1, 0.15) is 18.7 Å². The van der Waals surface area contributed by atoms with E-state index in [4.69, 9.17) is 54.0 Å². The summed E-state index contributed by atoms with van der Waals surface area (Å²) >= 11 is 0. The van der Waals surface area contributed by atoms with Crippen LogP contribution in [0.2, 0.25) is 0 Å². The van der Waals surface area contributed by atoms with Crippen LogP contribution in [0.25, 0.3) is 33.5 Å². The van der Waals surface area contributed by atoms with Crippen LogP contribution in [0.3, 0.4) is 0 Å². The van der Waals surface area contributed by atoms with Gasteiger partial charge in [0.1, 0.15) is 90.5 Å². The highest BCUT2D eigenvalue weighted by atomic mass is 31.2. The molecule has 3 fully saturated rings. The molecule has 6 aromatic rings. The Morgan fingerprint density at radius 2 is 0.851 bits per heavy atom. The number of nitrogens with zero attached hydrogens (tertiary/aromatic N) is 12. The maximum atomic E-state index is 13.7. The Labute approximate surface area is 371 Å². The summed E-state index contributed by atoms with van der Waals surface area (Å²) in [7, 11) is -16.3. The lowest BCUT2D eigenvalue weighted by Crippen LogP contribution is -2.38. The number of phosphoric ester groups is 3. The number of aromatic nitrogens is 12. The number of rotatable bonds is 16. The first-order valence-electron chi connectivity index (χ1n) is 19.2. The molecule has 37 heteroatoms. The molecule has 9 rings (SSSR count). The summed E-state index contributed by atoms with van der Waals surface area (Å²) in [6.45, 7) is -2.99. The molecule has 34 nitrogen and oxygen atoms in total. The maximum absolute atomic E-state index is 13.7. The molecule has 0 spiro atoms. The third kappa shape index (κ3) is 9.10. The molecular weight excluding hydrogens is 967 g/mol. The van der Waals surface area contributed by atoms with Crippen LogP contribution in [0, 0.1) is 0 Å². The SMILES string of the molecule is Nc1ncnc2c1ncn2[C@@H]1O[C@H](COP(=O)(O)O[C@H]2[C@@H](O)[C@H](n3cnc4c(N)ncnc43)O[C@@H]2COP(=O)(O)O[C@H]2[C@@H](O)[C@H](n3cnc4c(N)ncnc43)O[C@@H]2CO)[C@@H](OP(=O)(O)O)[C@H]1O. The number of phosphoric acid groups is 3. The first-order valence-corrected chi connectivity index (χ1v) is 23.7. The van der Waals surface area contributed by atoms with Gasteiger partial charge in [-0.05, 0) is 0 Å². The zero-order valence-electron chi connectivity index (χ0n) is 33.5. The lowest BCUT2D eigenvalue weighted by Gasteiger charge is -2.26. The Morgan fingerprint density at radius 1 is 0.522 bits per heavy atom. The minimum Gasteiger partial charge on any atom is -0.394 e. The van der Waals surface area contributed by atoms with Gasteiger partial charge in [0.15, 0.2) is 53.1 Å². The van der Waals surface area contributed by atoms with E-state index in [2.05, 4.69) is 44.9 Å². The summed E-state index contributed by atoms with van der Waals surface area (Å²) in [6.07, 6.45) is -14.1. The van der Waals surface area contributed by atoms with Gasteiger partial charge in [-0.2, -0.15) is 0 Å². The molecule has 0 aliphatic carbocycles. The fourth-order valence-corrected chi connectivity index (χ4v) is 10.2. The van der Waals surface area contributed by atoms with Crippen molar-refractivity contribution in [2.75, 3.05) is 37.0 Å². The standard InChI is InChI=1S/C30H38N15O19P3/c31-22-13-25(37-4-34-22)43(7-40-13)28-16(47)19(10(1-46)59-28)63-66(53,54)58-3-12-21(18(49)30(61-12)45-9-42-15-24(33)36-6-39-27(15)45)64-67(55,56)57-2-11-20(62-65(50,51)52)17(48)29(60-11)44-8-41-14-23(32)35-5-38-26(14)44/h4-12,16-21,28-30,46-49H,1-3H2,(H,53,54)(H,55,56)(H2,31,34,37)(H2,32,35,38)(H2,33,36,39)(H2,50,51,52)/t10-,11-,12-,16-,17-,18-,19-,20-,21-,28-,29-,30-/m1/s1. The summed E-state index contributed by atoms with van der Waals surface area (Å²) in [5, 5.41) is 44.1. The van der Waals surface area contributed by atoms with E-state index in [-0.39, 0.29) is 50.9 Å². The van der Waals surface area contributed by atoms with Crippen molar-refractivity contribution in [3.8, 4) is 0 Å². The average molecular weight is 1010 g/mol. The van der Waals surface area contributed by atoms with Crippen LogP contribution in [0.4, 0.5) is 17.5 Å². The summed E-state index contributed by atoms with van der Waals surface area (Å²) in [6, 6.07) is 0. The van der Waals surface area contributed by atoms with Crippen LogP contribution in [-0.4, -0.2) is 173 Å². The fraction of sp³-hybridized carbons (Fsp3) is 0.500. The second-order valence-corrected chi connectivity index (χ2v) is 18.8. The molecule has 2 unspecified atom stereocenters. The van der Waals surface area contributed by atoms with E-state index in [0.29, 0.717) is 0 Å². The molecule has 362 valence electrons. The van der Waals surface area contributed by atoms with E-state index >= 15 is 0 Å². The minimum atomic E-state index is -5.51. The topological polar surface area (TPSA) is 496 Å². The number of nitrogens with two attached hydrogens (primary N) is 3. The zero-order chi connectivity index (χ0) is 47.7. The Morgan fingerprint density at radius 3 is 1.19 bits per heavy atom. The van der Waals surface area contributed by atoms with E-state index < -0.39 is 117 Å². The van der Waals surface area contributed by atoms with E-state index in [0.717, 1.165) is 40.8 Å². The van der Waals surface area contributed by atoms with Crippen molar-refractivity contribution in [1.82, 2.24) is 58.6 Å². The van der Waals surface area contributed by atoms with E-state index in [1.165, 1.54) is 10.9 Å². The third-order valence-electron chi connectivity index (χ3n) is 10.7. The molecular formula is C30H38N15O19P3. The largest absolute Gasteiger partial charge is 0.472 e. The first-order chi connectivity index (χ1) is 31.7. The number of hydrogen-bond donors (Lipinski definition) is 11. The second kappa shape index (κ2) is 17.9. The molecule has 0 aromatic carbocycles. The predicted molar refractivity (Wildman–Crippen MR) is 214 cm³/mol. The van der Waals surface area contributed by atoms with Crippen molar-refractivity contribution in [3.05, 3.63) is 38.0 Å². The molecule has 0 bridgehead atoms. The van der Waals surface area contributed by atoms with Gasteiger partial charge < -0.3 is 71.4 Å². The first kappa shape index (κ1) is 47.2. The molecule has 67 heavy (non-hydrogen) atoms. The van der Waals surface area contributed by atoms with Crippen molar-refractivity contribution in [3.63, 3.8) is 0 Å². The summed E-state index contributed by atoms with van der Waals surface area (Å²) in [4.78, 5) is 77.3. The van der Waals surface area contributed by atoms with Crippen LogP contribution in [0.15, 0.2) is 38.0 Å². The number of anilines is 3. The number of ether oxygens (including phenoxy) is 3. The van der Waals surface area contributed by atoms with E-state index in [9.17, 15) is 53.7 Å². The van der Waals surface area contributed by atoms with Crippen molar-refractivity contribution in [2.24, 2.45) is 0 Å². The minimum absolute atomic E-state index is 0.00137. The highest BCUT2D eigenvalue weighted by Gasteiger charge is 2.54. The number of aliphatic hydroxyl groups is 4. The number of hydrogen-bond acceptors (Lipinski definition) is 27. The summed E-state index contributed by atoms with van der Waals surface area (Å²) < 4.78 is 86.0. The Kier molecular flexibility index (Phi) is 12.6. The summed E-state index contributed by atoms with van der Waals surface area (Å²) in [5.74, 6) is -0.122. The number of aliphatic hydroxyl groups excluding tert-OH is 4. The van der Waals surface area contributed by atoms with Crippen LogP contribution < -0.4 is 17.2 Å². The number of nitrogen functional groups attached to an aromatic ring is 3. The molecule has 14 atom stereocenters. The van der Waals surface area contributed by atoms with Crippen LogP contribution >= 0.6 is 23.5 Å². The van der Waals surface area contributed by atoms with Crippen LogP contribution in [0.5, 0.6) is 0 Å². The lowest BCUT2D eigenvalue weighted by atomic mass is 10.1. The van der Waals surface area contributed by atoms with Gasteiger partial charge in [-0.25, -0.2) is 58.6 Å². The van der Waals surface area contributed by atoms with E-state index in [1.807, 2.05) is 0 Å². The van der Waals surface area contributed by atoms with Crippen molar-refractivity contribution in [1.29, 1.82) is 0 Å². The predicted octanol–water partition coefficient (Wildman–Crippen LogP) is -3.50. The van der Waals surface area contributed by atoms with Gasteiger partial charge >= 0.3 is 23.5 Å². The monoisotopic (exact) mass is 1010 g/mol. The second-order valence-electron chi connectivity index (χ2n) is 14.8. The zero-order valence-corrected chi connectivity index (χ0v) is 36.2. The van der Waals surface area contributed by atoms with E-state index in [1.54, 1.807) is 0 Å². The smallest absolute Gasteiger partial charge is 0.394 e. The number of imidazole rings is 3. The fourth-order valence-electron chi connectivity index (χ4n) is 7.68. The van der Waals surface area contributed by atoms with Crippen molar-refractivity contribution in [2.45, 2.75) is 73.6 Å². The van der Waals surface area contributed by atoms with Gasteiger partial charge in [0.05, 0.1) is 38.8 Å². The van der Waals surface area contributed by atoms with Gasteiger partial charge in [0, 0.05) is 0 Å². The van der Waals surface area contributed by atoms with Gasteiger partial charge in [0.2, 0.25) is 0 Å². The van der Waals surface area contributed by atoms with Gasteiger partial charge in [-0.3, -0.25) is 36.3 Å². The molecule has 9 heterocycles. The molecule has 3 aliphatic rings. The molecule has 0 radical (unpaired) electrons. The Hall–Kier alpha value is -4.90. The molecule has 3 saturated heterocycles. The highest BCUT2D eigenvalue weighted by Crippen LogP contribution is 2.53. The Balaban J connectivity index is 0.932. The average Bonchev–Trinajstić information content (AvgIpc) is 4.13. The molecule has 6 aromatic heterocycles. The summed E-state index contributed by atoms with van der Waals surface area (Å²) in [5.41, 5.74) is 18.0. The molecule has 14 N–H and O–H groups in total. The van der Waals surface area contributed by atoms with Crippen molar-refractivity contribution < 1.29 is 90.5 Å². The number of fused-ring (bicyclic) bond motifs is 3. The molecule has 0 amide bonds. The lowest BCUT2D eigenvalue weighted by molar-refractivity contribution is -0.0616.